The van der Waals surface area contributed by atoms with E-state index in [1.807, 2.05) is 18.4 Å². The molecular weight excluding hydrogens is 271 g/mol. The molecule has 1 atom stereocenters. The van der Waals surface area contributed by atoms with E-state index in [2.05, 4.69) is 29.2 Å². The first-order chi connectivity index (χ1) is 5.11. The highest BCUT2D eigenvalue weighted by atomic mass is 127. The number of aliphatic hydroxyl groups is 1. The van der Waals surface area contributed by atoms with Crippen LogP contribution in [0.4, 0.5) is 0 Å². The van der Waals surface area contributed by atoms with E-state index in [9.17, 15) is 5.11 Å². The predicted octanol–water partition coefficient (Wildman–Crippen LogP) is 2.96. The standard InChI is InChI=1S/C8H9IOS/c1-5(2)8(10)6-3-7(9)11-4-6/h3-4,8,10H,1H2,2H3. The van der Waals surface area contributed by atoms with Gasteiger partial charge in [-0.05, 0) is 52.1 Å². The Bertz CT molecular complexity index is 267. The fraction of sp³-hybridized carbons (Fsp3) is 0.250. The second kappa shape index (κ2) is 3.69. The summed E-state index contributed by atoms with van der Waals surface area (Å²) in [5.41, 5.74) is 1.74. The maximum atomic E-state index is 9.51. The summed E-state index contributed by atoms with van der Waals surface area (Å²) in [6, 6.07) is 1.98. The predicted molar refractivity (Wildman–Crippen MR) is 56.8 cm³/mol. The zero-order valence-electron chi connectivity index (χ0n) is 6.17. The third-order valence-electron chi connectivity index (χ3n) is 1.37. The van der Waals surface area contributed by atoms with Gasteiger partial charge in [0.2, 0.25) is 0 Å². The molecule has 1 aromatic rings. The van der Waals surface area contributed by atoms with Crippen LogP contribution in [0.2, 0.25) is 0 Å². The van der Waals surface area contributed by atoms with Gasteiger partial charge in [-0.3, -0.25) is 0 Å². The molecule has 3 heteroatoms. The van der Waals surface area contributed by atoms with Crippen molar-refractivity contribution >= 4 is 33.9 Å². The molecule has 1 rings (SSSR count). The van der Waals surface area contributed by atoms with Gasteiger partial charge in [0.25, 0.3) is 0 Å². The first-order valence-electron chi connectivity index (χ1n) is 3.18. The van der Waals surface area contributed by atoms with Crippen molar-refractivity contribution in [2.45, 2.75) is 13.0 Å². The molecule has 1 aromatic heterocycles. The van der Waals surface area contributed by atoms with Crippen LogP contribution >= 0.6 is 33.9 Å². The van der Waals surface area contributed by atoms with Crippen LogP contribution in [0.5, 0.6) is 0 Å². The summed E-state index contributed by atoms with van der Waals surface area (Å²) in [5.74, 6) is 0. The van der Waals surface area contributed by atoms with Crippen LogP contribution in [-0.4, -0.2) is 5.11 Å². The molecule has 0 spiro atoms. The number of hydrogen-bond donors (Lipinski definition) is 1. The fourth-order valence-corrected chi connectivity index (χ4v) is 2.14. The molecule has 0 saturated heterocycles. The van der Waals surface area contributed by atoms with E-state index in [0.29, 0.717) is 0 Å². The fourth-order valence-electron chi connectivity index (χ4n) is 0.751. The average molecular weight is 280 g/mol. The van der Waals surface area contributed by atoms with Gasteiger partial charge in [0.1, 0.15) is 6.10 Å². The van der Waals surface area contributed by atoms with Gasteiger partial charge in [-0.2, -0.15) is 0 Å². The molecule has 0 aliphatic carbocycles. The Labute approximate surface area is 83.9 Å². The number of hydrogen-bond acceptors (Lipinski definition) is 2. The Hall–Kier alpha value is 0.130. The highest BCUT2D eigenvalue weighted by Crippen LogP contribution is 2.25. The SMILES string of the molecule is C=C(C)C(O)c1csc(I)c1. The van der Waals surface area contributed by atoms with Gasteiger partial charge in [-0.1, -0.05) is 6.58 Å². The summed E-state index contributed by atoms with van der Waals surface area (Å²) in [4.78, 5) is 0. The topological polar surface area (TPSA) is 20.2 Å². The number of aliphatic hydroxyl groups excluding tert-OH is 1. The first kappa shape index (κ1) is 9.22. The zero-order chi connectivity index (χ0) is 8.43. The monoisotopic (exact) mass is 280 g/mol. The lowest BCUT2D eigenvalue weighted by atomic mass is 10.1. The van der Waals surface area contributed by atoms with Crippen molar-refractivity contribution in [3.8, 4) is 0 Å². The minimum atomic E-state index is -0.491. The van der Waals surface area contributed by atoms with Gasteiger partial charge in [-0.25, -0.2) is 0 Å². The Morgan fingerprint density at radius 3 is 2.82 bits per heavy atom. The largest absolute Gasteiger partial charge is 0.384 e. The lowest BCUT2D eigenvalue weighted by molar-refractivity contribution is 0.217. The van der Waals surface area contributed by atoms with E-state index in [-0.39, 0.29) is 0 Å². The molecule has 0 aliphatic heterocycles. The van der Waals surface area contributed by atoms with Crippen molar-refractivity contribution in [3.05, 3.63) is 32.0 Å². The van der Waals surface area contributed by atoms with Crippen LogP contribution in [0, 0.1) is 2.88 Å². The molecule has 0 saturated carbocycles. The molecule has 1 unspecified atom stereocenters. The Morgan fingerprint density at radius 1 is 1.82 bits per heavy atom. The summed E-state index contributed by atoms with van der Waals surface area (Å²) < 4.78 is 1.19. The summed E-state index contributed by atoms with van der Waals surface area (Å²) in [6.07, 6.45) is -0.491. The van der Waals surface area contributed by atoms with E-state index in [1.54, 1.807) is 11.3 Å². The highest BCUT2D eigenvalue weighted by Gasteiger charge is 2.08. The quantitative estimate of drug-likeness (QED) is 0.652. The van der Waals surface area contributed by atoms with Crippen molar-refractivity contribution in [2.75, 3.05) is 0 Å². The molecule has 60 valence electrons. The number of halogens is 1. The van der Waals surface area contributed by atoms with Crippen molar-refractivity contribution in [1.82, 2.24) is 0 Å². The average Bonchev–Trinajstić information content (AvgIpc) is 2.34. The summed E-state index contributed by atoms with van der Waals surface area (Å²) >= 11 is 3.87. The number of thiophene rings is 1. The highest BCUT2D eigenvalue weighted by molar-refractivity contribution is 14.1. The maximum absolute atomic E-state index is 9.51. The van der Waals surface area contributed by atoms with Crippen LogP contribution in [0.15, 0.2) is 23.6 Å². The zero-order valence-corrected chi connectivity index (χ0v) is 9.15. The van der Waals surface area contributed by atoms with Crippen molar-refractivity contribution in [2.24, 2.45) is 0 Å². The lowest BCUT2D eigenvalue weighted by Crippen LogP contribution is -1.94. The molecule has 1 nitrogen and oxygen atoms in total. The smallest absolute Gasteiger partial charge is 0.100 e. The van der Waals surface area contributed by atoms with Crippen LogP contribution in [-0.2, 0) is 0 Å². The molecule has 0 bridgehead atoms. The van der Waals surface area contributed by atoms with Crippen molar-refractivity contribution < 1.29 is 5.11 Å². The molecule has 1 heterocycles. The molecule has 1 N–H and O–H groups in total. The van der Waals surface area contributed by atoms with Crippen LogP contribution in [0.25, 0.3) is 0 Å². The van der Waals surface area contributed by atoms with Crippen molar-refractivity contribution in [3.63, 3.8) is 0 Å². The molecular formula is C8H9IOS. The van der Waals surface area contributed by atoms with Crippen molar-refractivity contribution in [1.29, 1.82) is 0 Å². The van der Waals surface area contributed by atoms with Gasteiger partial charge >= 0.3 is 0 Å². The van der Waals surface area contributed by atoms with E-state index < -0.39 is 6.10 Å². The maximum Gasteiger partial charge on any atom is 0.100 e. The van der Waals surface area contributed by atoms with Crippen LogP contribution in [0.1, 0.15) is 18.6 Å². The van der Waals surface area contributed by atoms with E-state index in [1.165, 1.54) is 2.88 Å². The third kappa shape index (κ3) is 2.28. The van der Waals surface area contributed by atoms with E-state index in [4.69, 9.17) is 0 Å². The second-order valence-electron chi connectivity index (χ2n) is 2.43. The number of rotatable bonds is 2. The molecule has 0 aromatic carbocycles. The molecule has 11 heavy (non-hydrogen) atoms. The van der Waals surface area contributed by atoms with Gasteiger partial charge < -0.3 is 5.11 Å². The third-order valence-corrected chi connectivity index (χ3v) is 3.18. The molecule has 0 aliphatic rings. The Balaban J connectivity index is 2.84. The minimum absolute atomic E-state index is 0.491. The molecule has 0 amide bonds. The minimum Gasteiger partial charge on any atom is -0.384 e. The van der Waals surface area contributed by atoms with E-state index >= 15 is 0 Å². The van der Waals surface area contributed by atoms with Gasteiger partial charge in [0, 0.05) is 0 Å². The Kier molecular flexibility index (Phi) is 3.09. The molecule has 0 fully saturated rings. The summed E-state index contributed by atoms with van der Waals surface area (Å²) in [6.45, 7) is 5.52. The second-order valence-corrected chi connectivity index (χ2v) is 5.24. The normalized spacial score (nSPS) is 13.0. The van der Waals surface area contributed by atoms with E-state index in [0.717, 1.165) is 11.1 Å². The van der Waals surface area contributed by atoms with Crippen LogP contribution < -0.4 is 0 Å². The first-order valence-corrected chi connectivity index (χ1v) is 5.14. The van der Waals surface area contributed by atoms with Gasteiger partial charge in [-0.15, -0.1) is 11.3 Å². The summed E-state index contributed by atoms with van der Waals surface area (Å²) in [7, 11) is 0. The molecule has 0 radical (unpaired) electrons. The van der Waals surface area contributed by atoms with Gasteiger partial charge in [0.05, 0.1) is 2.88 Å². The lowest BCUT2D eigenvalue weighted by Gasteiger charge is -2.06. The van der Waals surface area contributed by atoms with Gasteiger partial charge in [0.15, 0.2) is 0 Å². The Morgan fingerprint density at radius 2 is 2.45 bits per heavy atom. The van der Waals surface area contributed by atoms with Crippen LogP contribution in [0.3, 0.4) is 0 Å². The summed E-state index contributed by atoms with van der Waals surface area (Å²) in [5, 5.41) is 11.5.